The Bertz CT molecular complexity index is 954. The van der Waals surface area contributed by atoms with Gasteiger partial charge >= 0.3 is 0 Å². The number of hydrogen-bond donors (Lipinski definition) is 1. The van der Waals surface area contributed by atoms with E-state index < -0.39 is 0 Å². The molecule has 2 aromatic heterocycles. The SMILES string of the molecule is COc1cccc2c(C)c(C(=O)NC3CCCc4c3cnn4C)oc12. The fraction of sp³-hybridized carbons (Fsp3) is 0.368. The molecular formula is C19H21N3O3. The Balaban J connectivity index is 1.66. The summed E-state index contributed by atoms with van der Waals surface area (Å²) in [7, 11) is 3.54. The molecule has 1 aromatic carbocycles. The van der Waals surface area contributed by atoms with Gasteiger partial charge < -0.3 is 14.5 Å². The highest BCUT2D eigenvalue weighted by molar-refractivity contribution is 6.00. The van der Waals surface area contributed by atoms with E-state index in [4.69, 9.17) is 9.15 Å². The second-order valence-electron chi connectivity index (χ2n) is 6.48. The zero-order valence-corrected chi connectivity index (χ0v) is 14.6. The van der Waals surface area contributed by atoms with Gasteiger partial charge in [-0.2, -0.15) is 5.10 Å². The molecule has 0 radical (unpaired) electrons. The molecule has 1 aliphatic rings. The first-order valence-corrected chi connectivity index (χ1v) is 8.48. The monoisotopic (exact) mass is 339 g/mol. The average molecular weight is 339 g/mol. The molecule has 1 aliphatic carbocycles. The van der Waals surface area contributed by atoms with Crippen molar-refractivity contribution in [2.75, 3.05) is 7.11 Å². The number of furan rings is 1. The van der Waals surface area contributed by atoms with Crippen LogP contribution >= 0.6 is 0 Å². The molecule has 6 heteroatoms. The number of methoxy groups -OCH3 is 1. The van der Waals surface area contributed by atoms with E-state index >= 15 is 0 Å². The number of nitrogens with zero attached hydrogens (tertiary/aromatic N) is 2. The molecule has 4 rings (SSSR count). The van der Waals surface area contributed by atoms with Crippen LogP contribution in [0.25, 0.3) is 11.0 Å². The van der Waals surface area contributed by atoms with Crippen molar-refractivity contribution in [1.82, 2.24) is 15.1 Å². The summed E-state index contributed by atoms with van der Waals surface area (Å²) < 4.78 is 13.1. The summed E-state index contributed by atoms with van der Waals surface area (Å²) in [6.45, 7) is 1.90. The van der Waals surface area contributed by atoms with Crippen molar-refractivity contribution in [3.63, 3.8) is 0 Å². The van der Waals surface area contributed by atoms with Crippen LogP contribution in [0.4, 0.5) is 0 Å². The molecular weight excluding hydrogens is 318 g/mol. The number of para-hydroxylation sites is 1. The number of aryl methyl sites for hydroxylation is 2. The van der Waals surface area contributed by atoms with Crippen LogP contribution in [0, 0.1) is 6.92 Å². The topological polar surface area (TPSA) is 69.3 Å². The van der Waals surface area contributed by atoms with Gasteiger partial charge in [0.1, 0.15) is 0 Å². The lowest BCUT2D eigenvalue weighted by atomic mass is 9.93. The predicted molar refractivity (Wildman–Crippen MR) is 93.9 cm³/mol. The Hall–Kier alpha value is -2.76. The van der Waals surface area contributed by atoms with Gasteiger partial charge in [-0.15, -0.1) is 0 Å². The van der Waals surface area contributed by atoms with E-state index in [1.807, 2.05) is 43.0 Å². The normalized spacial score (nSPS) is 16.7. The predicted octanol–water partition coefficient (Wildman–Crippen LogP) is 3.29. The van der Waals surface area contributed by atoms with Crippen LogP contribution in [0.2, 0.25) is 0 Å². The molecule has 25 heavy (non-hydrogen) atoms. The maximum Gasteiger partial charge on any atom is 0.287 e. The van der Waals surface area contributed by atoms with Crippen LogP contribution < -0.4 is 10.1 Å². The van der Waals surface area contributed by atoms with Gasteiger partial charge in [-0.25, -0.2) is 0 Å². The van der Waals surface area contributed by atoms with Crippen LogP contribution in [0.3, 0.4) is 0 Å². The van der Waals surface area contributed by atoms with Crippen LogP contribution in [0.5, 0.6) is 5.75 Å². The fourth-order valence-corrected chi connectivity index (χ4v) is 3.67. The van der Waals surface area contributed by atoms with Crippen LogP contribution in [-0.2, 0) is 13.5 Å². The lowest BCUT2D eigenvalue weighted by Gasteiger charge is -2.23. The minimum Gasteiger partial charge on any atom is -0.493 e. The summed E-state index contributed by atoms with van der Waals surface area (Å²) >= 11 is 0. The molecule has 3 aromatic rings. The molecule has 0 fully saturated rings. The first-order chi connectivity index (χ1) is 12.1. The first kappa shape index (κ1) is 15.7. The van der Waals surface area contributed by atoms with Gasteiger partial charge in [-0.1, -0.05) is 12.1 Å². The van der Waals surface area contributed by atoms with Crippen LogP contribution in [0.15, 0.2) is 28.8 Å². The third kappa shape index (κ3) is 2.49. The van der Waals surface area contributed by atoms with Crippen molar-refractivity contribution in [2.24, 2.45) is 7.05 Å². The van der Waals surface area contributed by atoms with Crippen molar-refractivity contribution in [1.29, 1.82) is 0 Å². The van der Waals surface area contributed by atoms with E-state index in [-0.39, 0.29) is 11.9 Å². The molecule has 1 amide bonds. The van der Waals surface area contributed by atoms with Crippen molar-refractivity contribution in [3.05, 3.63) is 47.0 Å². The molecule has 0 bridgehead atoms. The Morgan fingerprint density at radius 2 is 2.28 bits per heavy atom. The average Bonchev–Trinajstić information content (AvgIpc) is 3.17. The van der Waals surface area contributed by atoms with E-state index in [2.05, 4.69) is 10.4 Å². The summed E-state index contributed by atoms with van der Waals surface area (Å²) in [5.74, 6) is 0.778. The number of hydrogen-bond acceptors (Lipinski definition) is 4. The Morgan fingerprint density at radius 1 is 1.44 bits per heavy atom. The van der Waals surface area contributed by atoms with Gasteiger partial charge in [0.2, 0.25) is 0 Å². The standard InChI is InChI=1S/C19H21N3O3/c1-11-12-6-4-9-16(24-3)18(12)25-17(11)19(23)21-14-7-5-8-15-13(14)10-20-22(15)2/h4,6,9-10,14H,5,7-8H2,1-3H3,(H,21,23). The Kier molecular flexibility index (Phi) is 3.75. The maximum absolute atomic E-state index is 12.8. The highest BCUT2D eigenvalue weighted by atomic mass is 16.5. The van der Waals surface area contributed by atoms with Gasteiger partial charge in [0.05, 0.1) is 19.3 Å². The number of nitrogens with one attached hydrogen (secondary N) is 1. The third-order valence-electron chi connectivity index (χ3n) is 5.03. The lowest BCUT2D eigenvalue weighted by molar-refractivity contribution is 0.0905. The van der Waals surface area contributed by atoms with Gasteiger partial charge in [-0.3, -0.25) is 9.48 Å². The van der Waals surface area contributed by atoms with E-state index in [1.165, 1.54) is 5.69 Å². The number of fused-ring (bicyclic) bond motifs is 2. The smallest absolute Gasteiger partial charge is 0.287 e. The maximum atomic E-state index is 12.8. The fourth-order valence-electron chi connectivity index (χ4n) is 3.67. The zero-order chi connectivity index (χ0) is 17.6. The van der Waals surface area contributed by atoms with Gasteiger partial charge in [0.15, 0.2) is 17.1 Å². The highest BCUT2D eigenvalue weighted by Crippen LogP contribution is 2.33. The number of amides is 1. The van der Waals surface area contributed by atoms with E-state index in [1.54, 1.807) is 7.11 Å². The number of carbonyl (C=O) groups is 1. The zero-order valence-electron chi connectivity index (χ0n) is 14.6. The quantitative estimate of drug-likeness (QED) is 0.795. The molecule has 0 saturated heterocycles. The van der Waals surface area contributed by atoms with Crippen LogP contribution in [-0.4, -0.2) is 22.8 Å². The van der Waals surface area contributed by atoms with Crippen molar-refractivity contribution in [3.8, 4) is 5.75 Å². The van der Waals surface area contributed by atoms with Crippen molar-refractivity contribution < 1.29 is 13.9 Å². The number of ether oxygens (including phenoxy) is 1. The molecule has 1 unspecified atom stereocenters. The summed E-state index contributed by atoms with van der Waals surface area (Å²) in [5.41, 5.74) is 3.74. The minimum absolute atomic E-state index is 0.0283. The summed E-state index contributed by atoms with van der Waals surface area (Å²) in [6.07, 6.45) is 4.80. The minimum atomic E-state index is -0.197. The van der Waals surface area contributed by atoms with Crippen LogP contribution in [0.1, 0.15) is 46.3 Å². The van der Waals surface area contributed by atoms with E-state index in [9.17, 15) is 4.79 Å². The van der Waals surface area contributed by atoms with E-state index in [0.29, 0.717) is 17.1 Å². The Morgan fingerprint density at radius 3 is 3.08 bits per heavy atom. The summed E-state index contributed by atoms with van der Waals surface area (Å²) in [6, 6.07) is 5.64. The largest absolute Gasteiger partial charge is 0.493 e. The summed E-state index contributed by atoms with van der Waals surface area (Å²) in [5, 5.41) is 8.34. The molecule has 0 saturated carbocycles. The molecule has 130 valence electrons. The second-order valence-corrected chi connectivity index (χ2v) is 6.48. The number of benzene rings is 1. The first-order valence-electron chi connectivity index (χ1n) is 8.48. The molecule has 0 aliphatic heterocycles. The van der Waals surface area contributed by atoms with Crippen molar-refractivity contribution in [2.45, 2.75) is 32.2 Å². The Labute approximate surface area is 145 Å². The molecule has 0 spiro atoms. The van der Waals surface area contributed by atoms with E-state index in [0.717, 1.165) is 35.8 Å². The number of aromatic nitrogens is 2. The number of rotatable bonds is 3. The summed E-state index contributed by atoms with van der Waals surface area (Å²) in [4.78, 5) is 12.8. The second kappa shape index (κ2) is 5.95. The van der Waals surface area contributed by atoms with Gasteiger partial charge in [0.25, 0.3) is 5.91 Å². The molecule has 1 atom stereocenters. The van der Waals surface area contributed by atoms with Crippen molar-refractivity contribution >= 4 is 16.9 Å². The molecule has 1 N–H and O–H groups in total. The lowest BCUT2D eigenvalue weighted by Crippen LogP contribution is -2.31. The van der Waals surface area contributed by atoms with Gasteiger partial charge in [-0.05, 0) is 32.3 Å². The molecule has 2 heterocycles. The third-order valence-corrected chi connectivity index (χ3v) is 5.03. The van der Waals surface area contributed by atoms with Gasteiger partial charge in [0, 0.05) is 29.3 Å². The molecule has 6 nitrogen and oxygen atoms in total. The number of carbonyl (C=O) groups excluding carboxylic acids is 1. The highest BCUT2D eigenvalue weighted by Gasteiger charge is 2.27.